The topological polar surface area (TPSA) is 60.9 Å². The fourth-order valence-electron chi connectivity index (χ4n) is 0.785. The summed E-state index contributed by atoms with van der Waals surface area (Å²) in [6.07, 6.45) is 0.823. The quantitative estimate of drug-likeness (QED) is 0.623. The molecule has 1 heterocycles. The molecule has 0 fully saturated rings. The number of hydrogen-bond donors (Lipinski definition) is 1. The fourth-order valence-corrected chi connectivity index (χ4v) is 0.785. The van der Waals surface area contributed by atoms with E-state index >= 15 is 0 Å². The van der Waals surface area contributed by atoms with E-state index in [4.69, 9.17) is 5.73 Å². The van der Waals surface area contributed by atoms with Gasteiger partial charge in [-0.2, -0.15) is 4.98 Å². The minimum Gasteiger partial charge on any atom is -0.382 e. The molecule has 1 rings (SSSR count). The summed E-state index contributed by atoms with van der Waals surface area (Å²) < 4.78 is 13.7. The molecule has 1 aromatic heterocycles. The zero-order chi connectivity index (χ0) is 8.43. The third-order valence-corrected chi connectivity index (χ3v) is 1.37. The SMILES string of the molecule is CCn1c(N)c(F)cnc1=O. The van der Waals surface area contributed by atoms with E-state index in [0.29, 0.717) is 6.54 Å². The molecule has 1 aromatic rings. The van der Waals surface area contributed by atoms with Crippen molar-refractivity contribution in [2.45, 2.75) is 13.5 Å². The maximum Gasteiger partial charge on any atom is 0.349 e. The van der Waals surface area contributed by atoms with Gasteiger partial charge in [-0.1, -0.05) is 0 Å². The summed E-state index contributed by atoms with van der Waals surface area (Å²) in [4.78, 5) is 14.1. The van der Waals surface area contributed by atoms with Crippen molar-refractivity contribution < 1.29 is 4.39 Å². The van der Waals surface area contributed by atoms with Crippen LogP contribution < -0.4 is 11.4 Å². The van der Waals surface area contributed by atoms with Gasteiger partial charge in [-0.15, -0.1) is 0 Å². The van der Waals surface area contributed by atoms with Gasteiger partial charge < -0.3 is 5.73 Å². The van der Waals surface area contributed by atoms with Gasteiger partial charge in [0, 0.05) is 6.54 Å². The Morgan fingerprint density at radius 1 is 1.82 bits per heavy atom. The Morgan fingerprint density at radius 2 is 2.45 bits per heavy atom. The molecule has 5 heteroatoms. The number of anilines is 1. The molecule has 0 unspecified atom stereocenters. The third kappa shape index (κ3) is 1.21. The lowest BCUT2D eigenvalue weighted by molar-refractivity contribution is 0.585. The minimum absolute atomic E-state index is 0.160. The van der Waals surface area contributed by atoms with Gasteiger partial charge in [0.25, 0.3) is 0 Å². The van der Waals surface area contributed by atoms with Gasteiger partial charge in [0.2, 0.25) is 0 Å². The summed E-state index contributed by atoms with van der Waals surface area (Å²) in [7, 11) is 0. The fraction of sp³-hybridized carbons (Fsp3) is 0.333. The first-order valence-electron chi connectivity index (χ1n) is 3.17. The Kier molecular flexibility index (Phi) is 1.89. The van der Waals surface area contributed by atoms with Crippen LogP contribution >= 0.6 is 0 Å². The molecule has 0 aliphatic heterocycles. The van der Waals surface area contributed by atoms with E-state index in [9.17, 15) is 9.18 Å². The largest absolute Gasteiger partial charge is 0.382 e. The van der Waals surface area contributed by atoms with E-state index in [1.807, 2.05) is 0 Å². The molecule has 0 amide bonds. The smallest absolute Gasteiger partial charge is 0.349 e. The number of aromatic nitrogens is 2. The van der Waals surface area contributed by atoms with Gasteiger partial charge in [0.05, 0.1) is 6.20 Å². The predicted octanol–water partition coefficient (Wildman–Crippen LogP) is -0.0155. The lowest BCUT2D eigenvalue weighted by Crippen LogP contribution is -2.25. The first-order chi connectivity index (χ1) is 5.16. The van der Waals surface area contributed by atoms with Crippen LogP contribution in [0.15, 0.2) is 11.0 Å². The lowest BCUT2D eigenvalue weighted by Gasteiger charge is -2.04. The second kappa shape index (κ2) is 2.69. The van der Waals surface area contributed by atoms with Gasteiger partial charge in [-0.3, -0.25) is 4.57 Å². The monoisotopic (exact) mass is 157 g/mol. The molecule has 0 aliphatic rings. The molecule has 0 saturated carbocycles. The number of nitrogen functional groups attached to an aromatic ring is 1. The normalized spacial score (nSPS) is 10.0. The second-order valence-electron chi connectivity index (χ2n) is 2.02. The minimum atomic E-state index is -0.661. The van der Waals surface area contributed by atoms with Crippen LogP contribution in [0.3, 0.4) is 0 Å². The number of nitrogens with two attached hydrogens (primary N) is 1. The zero-order valence-electron chi connectivity index (χ0n) is 6.04. The highest BCUT2D eigenvalue weighted by Gasteiger charge is 2.04. The maximum absolute atomic E-state index is 12.6. The highest BCUT2D eigenvalue weighted by atomic mass is 19.1. The molecule has 0 saturated heterocycles. The molecule has 2 N–H and O–H groups in total. The molecule has 0 spiro atoms. The van der Waals surface area contributed by atoms with Crippen LogP contribution in [-0.2, 0) is 6.54 Å². The van der Waals surface area contributed by atoms with Gasteiger partial charge in [0.15, 0.2) is 5.82 Å². The predicted molar refractivity (Wildman–Crippen MR) is 38.5 cm³/mol. The molecule has 0 atom stereocenters. The van der Waals surface area contributed by atoms with Crippen LogP contribution in [0.25, 0.3) is 0 Å². The van der Waals surface area contributed by atoms with Crippen LogP contribution in [0.2, 0.25) is 0 Å². The van der Waals surface area contributed by atoms with Crippen LogP contribution in [0.5, 0.6) is 0 Å². The van der Waals surface area contributed by atoms with E-state index in [2.05, 4.69) is 4.98 Å². The molecular weight excluding hydrogens is 149 g/mol. The van der Waals surface area contributed by atoms with Crippen molar-refractivity contribution in [3.63, 3.8) is 0 Å². The summed E-state index contributed by atoms with van der Waals surface area (Å²) in [5.41, 5.74) is 4.72. The standard InChI is InChI=1S/C6H8FN3O/c1-2-10-5(8)4(7)3-9-6(10)11/h3H,2,8H2,1H3. The number of rotatable bonds is 1. The molecule has 0 aliphatic carbocycles. The van der Waals surface area contributed by atoms with E-state index in [0.717, 1.165) is 10.8 Å². The summed E-state index contributed by atoms with van der Waals surface area (Å²) in [5.74, 6) is -0.820. The van der Waals surface area contributed by atoms with Crippen LogP contribution in [0, 0.1) is 5.82 Å². The van der Waals surface area contributed by atoms with Crippen molar-refractivity contribution in [3.8, 4) is 0 Å². The summed E-state index contributed by atoms with van der Waals surface area (Å²) in [5, 5.41) is 0. The Balaban J connectivity index is 3.41. The molecular formula is C6H8FN3O. The zero-order valence-corrected chi connectivity index (χ0v) is 6.04. The average molecular weight is 157 g/mol. The maximum atomic E-state index is 12.6. The van der Waals surface area contributed by atoms with Crippen LogP contribution in [0.4, 0.5) is 10.2 Å². The van der Waals surface area contributed by atoms with E-state index in [-0.39, 0.29) is 5.82 Å². The van der Waals surface area contributed by atoms with Crippen molar-refractivity contribution in [2.24, 2.45) is 0 Å². The Hall–Kier alpha value is -1.39. The second-order valence-corrected chi connectivity index (χ2v) is 2.02. The molecule has 0 bridgehead atoms. The lowest BCUT2D eigenvalue weighted by atomic mass is 10.5. The van der Waals surface area contributed by atoms with E-state index in [1.54, 1.807) is 6.92 Å². The van der Waals surface area contributed by atoms with Crippen molar-refractivity contribution >= 4 is 5.82 Å². The molecule has 11 heavy (non-hydrogen) atoms. The highest BCUT2D eigenvalue weighted by molar-refractivity contribution is 5.28. The molecule has 0 aromatic carbocycles. The van der Waals surface area contributed by atoms with Crippen molar-refractivity contribution in [2.75, 3.05) is 5.73 Å². The number of hydrogen-bond acceptors (Lipinski definition) is 3. The first-order valence-corrected chi connectivity index (χ1v) is 3.17. The van der Waals surface area contributed by atoms with Gasteiger partial charge in [-0.25, -0.2) is 9.18 Å². The summed E-state index contributed by atoms with van der Waals surface area (Å²) in [6.45, 7) is 2.02. The van der Waals surface area contributed by atoms with Crippen molar-refractivity contribution in [1.82, 2.24) is 9.55 Å². The Bertz CT molecular complexity index is 320. The van der Waals surface area contributed by atoms with Crippen LogP contribution in [-0.4, -0.2) is 9.55 Å². The number of halogens is 1. The van der Waals surface area contributed by atoms with E-state index in [1.165, 1.54) is 0 Å². The van der Waals surface area contributed by atoms with Crippen molar-refractivity contribution in [3.05, 3.63) is 22.5 Å². The Labute approximate surface area is 62.5 Å². The average Bonchev–Trinajstić information content (AvgIpc) is 1.99. The summed E-state index contributed by atoms with van der Waals surface area (Å²) in [6, 6.07) is 0. The Morgan fingerprint density at radius 3 is 2.91 bits per heavy atom. The molecule has 0 radical (unpaired) electrons. The third-order valence-electron chi connectivity index (χ3n) is 1.37. The van der Waals surface area contributed by atoms with Crippen molar-refractivity contribution in [1.29, 1.82) is 0 Å². The highest BCUT2D eigenvalue weighted by Crippen LogP contribution is 2.02. The summed E-state index contributed by atoms with van der Waals surface area (Å²) >= 11 is 0. The first kappa shape index (κ1) is 7.71. The molecule has 60 valence electrons. The van der Waals surface area contributed by atoms with Gasteiger partial charge >= 0.3 is 5.69 Å². The molecule has 4 nitrogen and oxygen atoms in total. The van der Waals surface area contributed by atoms with Gasteiger partial charge in [0.1, 0.15) is 5.82 Å². The number of nitrogens with zero attached hydrogens (tertiary/aromatic N) is 2. The van der Waals surface area contributed by atoms with Crippen LogP contribution in [0.1, 0.15) is 6.92 Å². The van der Waals surface area contributed by atoms with E-state index < -0.39 is 11.5 Å². The van der Waals surface area contributed by atoms with Gasteiger partial charge in [-0.05, 0) is 6.92 Å².